The van der Waals surface area contributed by atoms with Gasteiger partial charge in [0.05, 0.1) is 19.2 Å². The van der Waals surface area contributed by atoms with Gasteiger partial charge in [0.1, 0.15) is 13.2 Å². The van der Waals surface area contributed by atoms with Crippen molar-refractivity contribution in [3.8, 4) is 11.5 Å². The lowest BCUT2D eigenvalue weighted by atomic mass is 10.2. The predicted molar refractivity (Wildman–Crippen MR) is 105 cm³/mol. The molecule has 6 nitrogen and oxygen atoms in total. The van der Waals surface area contributed by atoms with Gasteiger partial charge in [-0.05, 0) is 36.4 Å². The van der Waals surface area contributed by atoms with Crippen LogP contribution in [0.5, 0.6) is 11.5 Å². The van der Waals surface area contributed by atoms with Crippen LogP contribution in [0.1, 0.15) is 17.7 Å². The highest BCUT2D eigenvalue weighted by Gasteiger charge is 2.20. The van der Waals surface area contributed by atoms with Crippen LogP contribution >= 0.6 is 11.3 Å². The third-order valence-corrected chi connectivity index (χ3v) is 5.56. The van der Waals surface area contributed by atoms with E-state index in [1.54, 1.807) is 11.3 Å². The molecule has 3 heterocycles. The highest BCUT2D eigenvalue weighted by molar-refractivity contribution is 7.09. The van der Waals surface area contributed by atoms with Crippen LogP contribution in [0.25, 0.3) is 0 Å². The zero-order valence-electron chi connectivity index (χ0n) is 15.2. The Hall–Kier alpha value is -2.25. The summed E-state index contributed by atoms with van der Waals surface area (Å²) >= 11 is 1.69. The van der Waals surface area contributed by atoms with Gasteiger partial charge < -0.3 is 24.4 Å². The smallest absolute Gasteiger partial charge is 0.239 e. The molecule has 2 aliphatic heterocycles. The SMILES string of the molecule is O=C(CN(Cc1cccs1)c1ccc2c(c1)OCCO2)NCC1CCCO1. The fourth-order valence-corrected chi connectivity index (χ4v) is 4.04. The van der Waals surface area contributed by atoms with E-state index in [1.807, 2.05) is 24.3 Å². The second kappa shape index (κ2) is 8.63. The Kier molecular flexibility index (Phi) is 5.79. The molecule has 1 N–H and O–H groups in total. The van der Waals surface area contributed by atoms with Crippen LogP contribution in [0.4, 0.5) is 5.69 Å². The Morgan fingerprint density at radius 1 is 1.19 bits per heavy atom. The minimum Gasteiger partial charge on any atom is -0.486 e. The quantitative estimate of drug-likeness (QED) is 0.790. The van der Waals surface area contributed by atoms with Crippen LogP contribution in [0.3, 0.4) is 0 Å². The van der Waals surface area contributed by atoms with E-state index in [0.717, 1.165) is 36.6 Å². The average Bonchev–Trinajstić information content (AvgIpc) is 3.39. The van der Waals surface area contributed by atoms with Crippen molar-refractivity contribution in [3.63, 3.8) is 0 Å². The summed E-state index contributed by atoms with van der Waals surface area (Å²) < 4.78 is 16.9. The number of benzene rings is 1. The molecule has 1 aromatic heterocycles. The van der Waals surface area contributed by atoms with E-state index < -0.39 is 0 Å². The molecular weight excluding hydrogens is 364 g/mol. The van der Waals surface area contributed by atoms with E-state index in [-0.39, 0.29) is 18.6 Å². The summed E-state index contributed by atoms with van der Waals surface area (Å²) in [6.45, 7) is 3.43. The highest BCUT2D eigenvalue weighted by Crippen LogP contribution is 2.34. The first-order valence-corrected chi connectivity index (χ1v) is 10.2. The number of amides is 1. The van der Waals surface area contributed by atoms with E-state index in [1.165, 1.54) is 4.88 Å². The normalized spacial score (nSPS) is 18.3. The summed E-state index contributed by atoms with van der Waals surface area (Å²) in [4.78, 5) is 15.8. The summed E-state index contributed by atoms with van der Waals surface area (Å²) in [6, 6.07) is 9.96. The second-order valence-corrected chi connectivity index (χ2v) is 7.73. The van der Waals surface area contributed by atoms with Crippen molar-refractivity contribution in [1.82, 2.24) is 5.32 Å². The molecule has 1 unspecified atom stereocenters. The maximum Gasteiger partial charge on any atom is 0.239 e. The molecule has 0 saturated carbocycles. The molecule has 4 rings (SSSR count). The van der Waals surface area contributed by atoms with Gasteiger partial charge >= 0.3 is 0 Å². The van der Waals surface area contributed by atoms with Crippen LogP contribution in [0, 0.1) is 0 Å². The number of ether oxygens (including phenoxy) is 3. The lowest BCUT2D eigenvalue weighted by Gasteiger charge is -2.26. The molecule has 1 amide bonds. The Morgan fingerprint density at radius 2 is 2.07 bits per heavy atom. The largest absolute Gasteiger partial charge is 0.486 e. The minimum absolute atomic E-state index is 0.00283. The predicted octanol–water partition coefficient (Wildman–Crippen LogP) is 2.82. The Labute approximate surface area is 163 Å². The van der Waals surface area contributed by atoms with Crippen molar-refractivity contribution in [1.29, 1.82) is 0 Å². The summed E-state index contributed by atoms with van der Waals surface area (Å²) in [7, 11) is 0. The molecule has 0 bridgehead atoms. The van der Waals surface area contributed by atoms with Crippen molar-refractivity contribution >= 4 is 22.9 Å². The molecule has 1 aromatic carbocycles. The number of rotatable bonds is 7. The molecule has 1 atom stereocenters. The van der Waals surface area contributed by atoms with Crippen molar-refractivity contribution in [2.75, 3.05) is 37.8 Å². The van der Waals surface area contributed by atoms with Crippen LogP contribution in [0.2, 0.25) is 0 Å². The molecule has 0 radical (unpaired) electrons. The van der Waals surface area contributed by atoms with Gasteiger partial charge in [-0.25, -0.2) is 0 Å². The molecule has 0 aliphatic carbocycles. The molecule has 1 fully saturated rings. The fourth-order valence-electron chi connectivity index (χ4n) is 3.32. The zero-order valence-corrected chi connectivity index (χ0v) is 16.0. The number of carbonyl (C=O) groups excluding carboxylic acids is 1. The van der Waals surface area contributed by atoms with E-state index in [4.69, 9.17) is 14.2 Å². The van der Waals surface area contributed by atoms with Crippen molar-refractivity contribution in [3.05, 3.63) is 40.6 Å². The third-order valence-electron chi connectivity index (χ3n) is 4.70. The van der Waals surface area contributed by atoms with Crippen LogP contribution in [-0.4, -0.2) is 44.9 Å². The molecule has 2 aromatic rings. The van der Waals surface area contributed by atoms with E-state index in [9.17, 15) is 4.79 Å². The Morgan fingerprint density at radius 3 is 2.85 bits per heavy atom. The lowest BCUT2D eigenvalue weighted by Crippen LogP contribution is -2.40. The number of carbonyl (C=O) groups is 1. The summed E-state index contributed by atoms with van der Waals surface area (Å²) in [5.41, 5.74) is 0.944. The fraction of sp³-hybridized carbons (Fsp3) is 0.450. The zero-order chi connectivity index (χ0) is 18.5. The number of hydrogen-bond donors (Lipinski definition) is 1. The van der Waals surface area contributed by atoms with E-state index in [2.05, 4.69) is 21.7 Å². The van der Waals surface area contributed by atoms with Crippen LogP contribution in [-0.2, 0) is 16.1 Å². The average molecular weight is 388 g/mol. The molecule has 1 saturated heterocycles. The Bertz CT molecular complexity index is 759. The first-order chi connectivity index (χ1) is 13.3. The van der Waals surface area contributed by atoms with Gasteiger partial charge in [-0.15, -0.1) is 11.3 Å². The van der Waals surface area contributed by atoms with Gasteiger partial charge in [0.25, 0.3) is 0 Å². The molecule has 27 heavy (non-hydrogen) atoms. The number of hydrogen-bond acceptors (Lipinski definition) is 6. The van der Waals surface area contributed by atoms with Gasteiger partial charge in [-0.1, -0.05) is 6.07 Å². The number of thiophene rings is 1. The number of fused-ring (bicyclic) bond motifs is 1. The summed E-state index contributed by atoms with van der Waals surface area (Å²) in [6.07, 6.45) is 2.23. The van der Waals surface area contributed by atoms with Gasteiger partial charge in [0, 0.05) is 29.8 Å². The van der Waals surface area contributed by atoms with Crippen molar-refractivity contribution < 1.29 is 19.0 Å². The van der Waals surface area contributed by atoms with Crippen molar-refractivity contribution in [2.24, 2.45) is 0 Å². The minimum atomic E-state index is -0.00283. The van der Waals surface area contributed by atoms with Gasteiger partial charge in [0.15, 0.2) is 11.5 Å². The number of nitrogens with zero attached hydrogens (tertiary/aromatic N) is 1. The lowest BCUT2D eigenvalue weighted by molar-refractivity contribution is -0.120. The van der Waals surface area contributed by atoms with Gasteiger partial charge in [0.2, 0.25) is 5.91 Å². The highest BCUT2D eigenvalue weighted by atomic mass is 32.1. The molecule has 7 heteroatoms. The first kappa shape index (κ1) is 18.1. The van der Waals surface area contributed by atoms with E-state index >= 15 is 0 Å². The number of nitrogens with one attached hydrogen (secondary N) is 1. The molecule has 2 aliphatic rings. The maximum absolute atomic E-state index is 12.5. The maximum atomic E-state index is 12.5. The number of anilines is 1. The van der Waals surface area contributed by atoms with Crippen molar-refractivity contribution in [2.45, 2.75) is 25.5 Å². The topological polar surface area (TPSA) is 60.0 Å². The molecule has 144 valence electrons. The summed E-state index contributed by atoms with van der Waals surface area (Å²) in [5, 5.41) is 5.06. The monoisotopic (exact) mass is 388 g/mol. The molecule has 0 spiro atoms. The van der Waals surface area contributed by atoms with Gasteiger partial charge in [-0.3, -0.25) is 4.79 Å². The Balaban J connectivity index is 1.45. The van der Waals surface area contributed by atoms with Crippen LogP contribution < -0.4 is 19.7 Å². The third kappa shape index (κ3) is 4.73. The first-order valence-electron chi connectivity index (χ1n) is 9.33. The summed E-state index contributed by atoms with van der Waals surface area (Å²) in [5.74, 6) is 1.48. The van der Waals surface area contributed by atoms with E-state index in [0.29, 0.717) is 26.3 Å². The van der Waals surface area contributed by atoms with Gasteiger partial charge in [-0.2, -0.15) is 0 Å². The molecular formula is C20H24N2O4S. The second-order valence-electron chi connectivity index (χ2n) is 6.70. The standard InChI is InChI=1S/C20H24N2O4S/c23-20(21-12-16-3-1-7-24-16)14-22(13-17-4-2-10-27-17)15-5-6-18-19(11-15)26-9-8-25-18/h2,4-6,10-11,16H,1,3,7-9,12-14H2,(H,21,23). The van der Waals surface area contributed by atoms with Crippen LogP contribution in [0.15, 0.2) is 35.7 Å².